The van der Waals surface area contributed by atoms with E-state index in [2.05, 4.69) is 12.2 Å². The maximum atomic E-state index is 12.2. The number of carbonyl (C=O) groups is 2. The fraction of sp³-hybridized carbons (Fsp3) is 0.711. The SMILES string of the molecule is CCCCCCCCCCCCCCCCCNC(=O)OC[C@@H]1CO[C@@H](COC(=O)N(C)CC[n+]2ccsc2)C1.Cc1ccc(S(=O)(=O)[O-])cc1. The highest BCUT2D eigenvalue weighted by molar-refractivity contribution is 7.85. The van der Waals surface area contributed by atoms with Gasteiger partial charge in [-0.05, 0) is 31.9 Å². The van der Waals surface area contributed by atoms with E-state index >= 15 is 0 Å². The topological polar surface area (TPSA) is 138 Å². The number of alkyl carbamates (subject to hydrolysis) is 1. The molecule has 1 fully saturated rings. The molecule has 1 aliphatic heterocycles. The largest absolute Gasteiger partial charge is 0.744 e. The van der Waals surface area contributed by atoms with Crippen LogP contribution in [0.3, 0.4) is 0 Å². The van der Waals surface area contributed by atoms with Gasteiger partial charge in [-0.3, -0.25) is 0 Å². The molecule has 13 heteroatoms. The fourth-order valence-corrected chi connectivity index (χ4v) is 6.77. The van der Waals surface area contributed by atoms with Crippen LogP contribution in [0.2, 0.25) is 0 Å². The Hall–Kier alpha value is -2.74. The molecule has 1 aliphatic rings. The van der Waals surface area contributed by atoms with Gasteiger partial charge in [-0.1, -0.05) is 126 Å². The van der Waals surface area contributed by atoms with Crippen LogP contribution in [0.1, 0.15) is 115 Å². The monoisotopic (exact) mass is 753 g/mol. The van der Waals surface area contributed by atoms with Gasteiger partial charge in [-0.25, -0.2) is 18.0 Å². The number of amides is 2. The van der Waals surface area contributed by atoms with Gasteiger partial charge < -0.3 is 29.0 Å². The number of benzene rings is 1. The van der Waals surface area contributed by atoms with Gasteiger partial charge in [-0.2, -0.15) is 4.57 Å². The molecule has 0 spiro atoms. The fourth-order valence-electron chi connectivity index (χ4n) is 5.67. The summed E-state index contributed by atoms with van der Waals surface area (Å²) < 4.78 is 49.7. The third-order valence-electron chi connectivity index (χ3n) is 8.90. The zero-order chi connectivity index (χ0) is 37.2. The van der Waals surface area contributed by atoms with Crippen LogP contribution in [0.15, 0.2) is 46.2 Å². The summed E-state index contributed by atoms with van der Waals surface area (Å²) in [6.07, 6.45) is 21.8. The predicted molar refractivity (Wildman–Crippen MR) is 200 cm³/mol. The number of nitrogens with one attached hydrogen (secondary N) is 1. The summed E-state index contributed by atoms with van der Waals surface area (Å²) in [7, 11) is -2.53. The van der Waals surface area contributed by atoms with Gasteiger partial charge in [0.2, 0.25) is 5.51 Å². The van der Waals surface area contributed by atoms with Crippen LogP contribution in [0.25, 0.3) is 0 Å². The number of thiazole rings is 1. The average Bonchev–Trinajstić information content (AvgIpc) is 3.81. The van der Waals surface area contributed by atoms with Crippen LogP contribution in [0.5, 0.6) is 0 Å². The van der Waals surface area contributed by atoms with E-state index in [0.29, 0.717) is 32.7 Å². The first kappa shape index (κ1) is 44.4. The maximum absolute atomic E-state index is 12.2. The minimum absolute atomic E-state index is 0.132. The lowest BCUT2D eigenvalue weighted by atomic mass is 10.0. The van der Waals surface area contributed by atoms with Crippen molar-refractivity contribution >= 4 is 33.6 Å². The van der Waals surface area contributed by atoms with Gasteiger partial charge >= 0.3 is 12.2 Å². The van der Waals surface area contributed by atoms with Crippen LogP contribution < -0.4 is 9.88 Å². The van der Waals surface area contributed by atoms with Crippen LogP contribution in [-0.4, -0.2) is 76.1 Å². The molecule has 0 unspecified atom stereocenters. The van der Waals surface area contributed by atoms with Crippen molar-refractivity contribution in [3.8, 4) is 0 Å². The second-order valence-corrected chi connectivity index (χ2v) is 15.7. The third kappa shape index (κ3) is 22.1. The van der Waals surface area contributed by atoms with E-state index in [1.54, 1.807) is 35.4 Å². The Morgan fingerprint density at radius 3 is 2.06 bits per heavy atom. The molecule has 3 rings (SSSR count). The van der Waals surface area contributed by atoms with E-state index in [0.717, 1.165) is 24.9 Å². The first-order valence-electron chi connectivity index (χ1n) is 18.9. The number of rotatable bonds is 24. The Morgan fingerprint density at radius 2 is 1.51 bits per heavy atom. The second-order valence-electron chi connectivity index (χ2n) is 13.6. The van der Waals surface area contributed by atoms with Crippen molar-refractivity contribution in [2.45, 2.75) is 134 Å². The molecule has 2 heterocycles. The van der Waals surface area contributed by atoms with Gasteiger partial charge in [0.15, 0.2) is 12.7 Å². The summed E-state index contributed by atoms with van der Waals surface area (Å²) in [5.41, 5.74) is 2.94. The van der Waals surface area contributed by atoms with Gasteiger partial charge in [0, 0.05) is 19.5 Å². The molecular formula is C38H63N3O8S2. The zero-order valence-corrected chi connectivity index (χ0v) is 32.9. The van der Waals surface area contributed by atoms with Crippen LogP contribution in [-0.2, 0) is 30.9 Å². The van der Waals surface area contributed by atoms with Crippen LogP contribution >= 0.6 is 11.3 Å². The predicted octanol–water partition coefficient (Wildman–Crippen LogP) is 8.01. The Balaban J connectivity index is 0.000000694. The Morgan fingerprint density at radius 1 is 0.922 bits per heavy atom. The maximum Gasteiger partial charge on any atom is 0.409 e. The summed E-state index contributed by atoms with van der Waals surface area (Å²) in [6.45, 7) is 7.13. The lowest BCUT2D eigenvalue weighted by Crippen LogP contribution is -2.40. The highest BCUT2D eigenvalue weighted by Crippen LogP contribution is 2.20. The minimum Gasteiger partial charge on any atom is -0.744 e. The van der Waals surface area contributed by atoms with Gasteiger partial charge in [-0.15, -0.1) is 0 Å². The van der Waals surface area contributed by atoms with E-state index in [4.69, 9.17) is 14.2 Å². The summed E-state index contributed by atoms with van der Waals surface area (Å²) in [4.78, 5) is 25.6. The van der Waals surface area contributed by atoms with Crippen molar-refractivity contribution in [1.29, 1.82) is 0 Å². The number of nitrogens with zero attached hydrogens (tertiary/aromatic N) is 2. The van der Waals surface area contributed by atoms with Crippen molar-refractivity contribution in [3.63, 3.8) is 0 Å². The van der Waals surface area contributed by atoms with Gasteiger partial charge in [0.05, 0.1) is 36.1 Å². The van der Waals surface area contributed by atoms with Crippen molar-refractivity contribution in [3.05, 3.63) is 46.9 Å². The van der Waals surface area contributed by atoms with E-state index in [1.807, 2.05) is 28.6 Å². The lowest BCUT2D eigenvalue weighted by molar-refractivity contribution is -0.691. The number of aryl methyl sites for hydroxylation is 1. The average molecular weight is 754 g/mol. The van der Waals surface area contributed by atoms with Gasteiger partial charge in [0.1, 0.15) is 16.7 Å². The van der Waals surface area contributed by atoms with Crippen molar-refractivity contribution in [2.24, 2.45) is 5.92 Å². The first-order valence-corrected chi connectivity index (χ1v) is 21.3. The molecule has 1 aromatic heterocycles. The van der Waals surface area contributed by atoms with E-state index < -0.39 is 10.1 Å². The number of likely N-dealkylation sites (N-methyl/N-ethyl adjacent to an activating group) is 1. The summed E-state index contributed by atoms with van der Waals surface area (Å²) in [5, 5.41) is 4.86. The number of hydrogen-bond acceptors (Lipinski definition) is 9. The summed E-state index contributed by atoms with van der Waals surface area (Å²) in [6, 6.07) is 5.78. The molecule has 11 nitrogen and oxygen atoms in total. The number of aromatic nitrogens is 1. The van der Waals surface area contributed by atoms with Gasteiger partial charge in [0.25, 0.3) is 0 Å². The Kier molecular flexibility index (Phi) is 23.5. The second kappa shape index (κ2) is 26.9. The first-order chi connectivity index (χ1) is 24.6. The van der Waals surface area contributed by atoms with Crippen LogP contribution in [0.4, 0.5) is 9.59 Å². The Bertz CT molecular complexity index is 1290. The smallest absolute Gasteiger partial charge is 0.409 e. The highest BCUT2D eigenvalue weighted by atomic mass is 32.2. The number of ether oxygens (including phenoxy) is 3. The molecule has 290 valence electrons. The summed E-state index contributed by atoms with van der Waals surface area (Å²) >= 11 is 1.62. The summed E-state index contributed by atoms with van der Waals surface area (Å²) in [5.74, 6) is 0.132. The lowest BCUT2D eigenvalue weighted by Gasteiger charge is -2.17. The Labute approximate surface area is 311 Å². The van der Waals surface area contributed by atoms with Crippen molar-refractivity contribution in [1.82, 2.24) is 10.2 Å². The normalized spacial score (nSPS) is 15.5. The molecule has 1 aromatic carbocycles. The molecule has 1 saturated heterocycles. The molecule has 0 saturated carbocycles. The molecule has 0 aliphatic carbocycles. The standard InChI is InChI=1S/C31H55N3O5S.C7H8O3S/c1-3-4-5-6-7-8-9-10-11-12-13-14-15-16-17-18-32-30(35)38-25-28-23-29(37-24-28)26-39-31(36)33(2)19-20-34-21-22-40-27-34;1-6-2-4-7(5-3-6)11(8,9)10/h21-22,27-29H,3-20,23-26H2,1-2H3;2-5H,1H3,(H,8,9,10)/t28-,29+;/m0./s1. The molecule has 2 aromatic rings. The zero-order valence-electron chi connectivity index (χ0n) is 31.2. The molecule has 2 amide bonds. The number of hydrogen-bond donors (Lipinski definition) is 1. The van der Waals surface area contributed by atoms with Crippen molar-refractivity contribution < 1.29 is 41.3 Å². The minimum atomic E-state index is -4.27. The number of unbranched alkanes of at least 4 members (excludes halogenated alkanes) is 14. The number of carbonyl (C=O) groups excluding carboxylic acids is 2. The molecule has 2 atom stereocenters. The van der Waals surface area contributed by atoms with E-state index in [-0.39, 0.29) is 35.7 Å². The molecule has 1 N–H and O–H groups in total. The molecule has 0 radical (unpaired) electrons. The van der Waals surface area contributed by atoms with E-state index in [1.165, 1.54) is 95.6 Å². The molecule has 0 bridgehead atoms. The molecular weight excluding hydrogens is 691 g/mol. The molecule has 51 heavy (non-hydrogen) atoms. The third-order valence-corrected chi connectivity index (χ3v) is 10.4. The van der Waals surface area contributed by atoms with Crippen LogP contribution in [0, 0.1) is 12.8 Å². The van der Waals surface area contributed by atoms with E-state index in [9.17, 15) is 22.6 Å². The highest BCUT2D eigenvalue weighted by Gasteiger charge is 2.28. The quantitative estimate of drug-likeness (QED) is 0.0647. The van der Waals surface area contributed by atoms with Crippen molar-refractivity contribution in [2.75, 3.05) is 40.0 Å².